The van der Waals surface area contributed by atoms with Gasteiger partial charge in [0.1, 0.15) is 44.9 Å². The summed E-state index contributed by atoms with van der Waals surface area (Å²) in [6.07, 6.45) is 0. The van der Waals surface area contributed by atoms with Crippen molar-refractivity contribution in [2.75, 3.05) is 0 Å². The average molecular weight is 631 g/mol. The highest BCUT2D eigenvalue weighted by Crippen LogP contribution is 2.30. The molecule has 2 heterocycles. The molecule has 12 nitrogen and oxygen atoms in total. The van der Waals surface area contributed by atoms with E-state index in [2.05, 4.69) is 31.0 Å². The normalized spacial score (nSPS) is 11.3. The molecule has 0 saturated carbocycles. The minimum atomic E-state index is -0.922. The Morgan fingerprint density at radius 3 is 1.43 bits per heavy atom. The number of amides is 2. The second-order valence-corrected chi connectivity index (χ2v) is 11.1. The van der Waals surface area contributed by atoms with E-state index in [0.717, 1.165) is 11.1 Å². The fourth-order valence-corrected chi connectivity index (χ4v) is 5.08. The van der Waals surface area contributed by atoms with Crippen molar-refractivity contribution in [2.24, 2.45) is 0 Å². The maximum absolute atomic E-state index is 12.7. The van der Waals surface area contributed by atoms with E-state index in [0.29, 0.717) is 54.6 Å². The van der Waals surface area contributed by atoms with Gasteiger partial charge < -0.3 is 20.8 Å². The van der Waals surface area contributed by atoms with E-state index < -0.39 is 11.8 Å². The third-order valence-electron chi connectivity index (χ3n) is 6.83. The van der Waals surface area contributed by atoms with Crippen molar-refractivity contribution in [2.45, 2.75) is 26.9 Å². The SMILES string of the molecule is Cc1cc(CNC(=O)C(=O)NCc2cc(C)cc(-n3nc4ccc(Cl)cc4n3)c2O)c(O)c(-n2nc3ccc(Cl)cc3n2)c1. The first-order chi connectivity index (χ1) is 21.0. The van der Waals surface area contributed by atoms with Crippen molar-refractivity contribution in [1.82, 2.24) is 40.6 Å². The van der Waals surface area contributed by atoms with Gasteiger partial charge in [-0.05, 0) is 73.5 Å². The van der Waals surface area contributed by atoms with E-state index in [1.807, 2.05) is 13.8 Å². The molecular formula is C30H24Cl2N8O4. The zero-order valence-corrected chi connectivity index (χ0v) is 24.8. The van der Waals surface area contributed by atoms with Gasteiger partial charge in [0.2, 0.25) is 0 Å². The quantitative estimate of drug-likeness (QED) is 0.197. The first-order valence-corrected chi connectivity index (χ1v) is 14.1. The van der Waals surface area contributed by atoms with Crippen LogP contribution in [-0.4, -0.2) is 52.0 Å². The van der Waals surface area contributed by atoms with Crippen LogP contribution in [-0.2, 0) is 22.7 Å². The summed E-state index contributed by atoms with van der Waals surface area (Å²) in [6, 6.07) is 16.9. The third kappa shape index (κ3) is 5.72. The largest absolute Gasteiger partial charge is 0.505 e. The van der Waals surface area contributed by atoms with Crippen molar-refractivity contribution in [3.8, 4) is 22.9 Å². The highest BCUT2D eigenvalue weighted by molar-refractivity contribution is 6.35. The van der Waals surface area contributed by atoms with Crippen LogP contribution in [0.5, 0.6) is 11.5 Å². The summed E-state index contributed by atoms with van der Waals surface area (Å²) < 4.78 is 0. The first-order valence-electron chi connectivity index (χ1n) is 13.3. The number of aryl methyl sites for hydroxylation is 2. The van der Waals surface area contributed by atoms with Gasteiger partial charge in [0, 0.05) is 34.3 Å². The van der Waals surface area contributed by atoms with Gasteiger partial charge >= 0.3 is 11.8 Å². The van der Waals surface area contributed by atoms with Crippen LogP contribution in [0.2, 0.25) is 10.0 Å². The summed E-state index contributed by atoms with van der Waals surface area (Å²) in [5.74, 6) is -2.15. The van der Waals surface area contributed by atoms with E-state index in [4.69, 9.17) is 23.2 Å². The van der Waals surface area contributed by atoms with E-state index in [9.17, 15) is 19.8 Å². The molecule has 44 heavy (non-hydrogen) atoms. The second kappa shape index (κ2) is 11.5. The average Bonchev–Trinajstić information content (AvgIpc) is 3.60. The molecule has 2 amide bonds. The number of hydrogen-bond acceptors (Lipinski definition) is 8. The molecule has 14 heteroatoms. The monoisotopic (exact) mass is 630 g/mol. The molecule has 222 valence electrons. The van der Waals surface area contributed by atoms with Crippen LogP contribution in [0.25, 0.3) is 33.4 Å². The van der Waals surface area contributed by atoms with Crippen LogP contribution < -0.4 is 10.6 Å². The summed E-state index contributed by atoms with van der Waals surface area (Å²) in [7, 11) is 0. The Labute approximate surface area is 259 Å². The minimum absolute atomic E-state index is 0.137. The number of nitrogens with zero attached hydrogens (tertiary/aromatic N) is 6. The number of fused-ring (bicyclic) bond motifs is 2. The molecule has 0 fully saturated rings. The summed E-state index contributed by atoms with van der Waals surface area (Å²) in [6.45, 7) is 3.36. The van der Waals surface area contributed by atoms with Crippen molar-refractivity contribution < 1.29 is 19.8 Å². The fraction of sp³-hybridized carbons (Fsp3) is 0.133. The zero-order valence-electron chi connectivity index (χ0n) is 23.3. The molecule has 2 aromatic heterocycles. The molecule has 4 aromatic carbocycles. The Morgan fingerprint density at radius 2 is 1.02 bits per heavy atom. The molecule has 0 aliphatic rings. The standard InChI is InChI=1S/C30H24Cl2N8O4/c1-15-7-17(27(41)25(9-15)39-35-21-5-3-19(31)11-23(21)37-39)13-33-29(43)30(44)34-14-18-8-16(2)10-26(28(18)42)40-36-22-6-4-20(32)12-24(22)38-40/h3-12,41-42H,13-14H2,1-2H3,(H,33,43)(H,34,44). The Morgan fingerprint density at radius 1 is 0.636 bits per heavy atom. The van der Waals surface area contributed by atoms with Crippen LogP contribution in [0.1, 0.15) is 22.3 Å². The predicted molar refractivity (Wildman–Crippen MR) is 164 cm³/mol. The number of halogens is 2. The summed E-state index contributed by atoms with van der Waals surface area (Å²) in [5, 5.41) is 45.6. The number of benzene rings is 4. The fourth-order valence-electron chi connectivity index (χ4n) is 4.74. The van der Waals surface area contributed by atoms with E-state index in [1.54, 1.807) is 60.7 Å². The molecule has 4 N–H and O–H groups in total. The summed E-state index contributed by atoms with van der Waals surface area (Å²) in [5.41, 5.74) is 5.17. The van der Waals surface area contributed by atoms with Crippen LogP contribution in [0.15, 0.2) is 60.7 Å². The van der Waals surface area contributed by atoms with Crippen molar-refractivity contribution >= 4 is 57.1 Å². The van der Waals surface area contributed by atoms with Gasteiger partial charge in [0.05, 0.1) is 0 Å². The van der Waals surface area contributed by atoms with Crippen LogP contribution >= 0.6 is 23.2 Å². The van der Waals surface area contributed by atoms with Gasteiger partial charge in [-0.1, -0.05) is 35.3 Å². The molecule has 0 aliphatic carbocycles. The number of phenolic OH excluding ortho intramolecular Hbond substituents is 2. The van der Waals surface area contributed by atoms with Gasteiger partial charge in [0.25, 0.3) is 0 Å². The molecule has 0 saturated heterocycles. The first kappa shape index (κ1) is 28.9. The zero-order chi connectivity index (χ0) is 31.1. The van der Waals surface area contributed by atoms with Crippen LogP contribution in [0.4, 0.5) is 0 Å². The maximum Gasteiger partial charge on any atom is 0.309 e. The Balaban J connectivity index is 1.14. The second-order valence-electron chi connectivity index (χ2n) is 10.2. The lowest BCUT2D eigenvalue weighted by Crippen LogP contribution is -2.39. The molecular weight excluding hydrogens is 607 g/mol. The number of hydrogen-bond donors (Lipinski definition) is 4. The van der Waals surface area contributed by atoms with E-state index in [-0.39, 0.29) is 24.6 Å². The van der Waals surface area contributed by atoms with Gasteiger partial charge in [-0.3, -0.25) is 9.59 Å². The van der Waals surface area contributed by atoms with E-state index >= 15 is 0 Å². The number of aromatic hydroxyl groups is 2. The lowest BCUT2D eigenvalue weighted by Gasteiger charge is -2.13. The molecule has 0 spiro atoms. The van der Waals surface area contributed by atoms with Crippen molar-refractivity contribution in [3.63, 3.8) is 0 Å². The number of aromatic nitrogens is 6. The topological polar surface area (TPSA) is 160 Å². The summed E-state index contributed by atoms with van der Waals surface area (Å²) in [4.78, 5) is 27.9. The maximum atomic E-state index is 12.7. The van der Waals surface area contributed by atoms with Crippen LogP contribution in [0.3, 0.4) is 0 Å². The molecule has 0 aliphatic heterocycles. The molecule has 6 rings (SSSR count). The Bertz CT molecular complexity index is 1960. The number of carbonyl (C=O) groups excluding carboxylic acids is 2. The van der Waals surface area contributed by atoms with Crippen molar-refractivity contribution in [1.29, 1.82) is 0 Å². The van der Waals surface area contributed by atoms with Gasteiger partial charge in [-0.2, -0.15) is 0 Å². The van der Waals surface area contributed by atoms with E-state index in [1.165, 1.54) is 9.59 Å². The number of rotatable bonds is 6. The Hall–Kier alpha value is -5.20. The van der Waals surface area contributed by atoms with Gasteiger partial charge in [-0.15, -0.1) is 30.0 Å². The predicted octanol–water partition coefficient (Wildman–Crippen LogP) is 4.42. The smallest absolute Gasteiger partial charge is 0.309 e. The number of carbonyl (C=O) groups is 2. The minimum Gasteiger partial charge on any atom is -0.505 e. The van der Waals surface area contributed by atoms with Crippen molar-refractivity contribution in [3.05, 3.63) is 93.0 Å². The molecule has 6 aromatic rings. The molecule has 0 unspecified atom stereocenters. The molecule has 0 bridgehead atoms. The third-order valence-corrected chi connectivity index (χ3v) is 7.30. The van der Waals surface area contributed by atoms with Gasteiger partial charge in [-0.25, -0.2) is 0 Å². The van der Waals surface area contributed by atoms with Gasteiger partial charge in [0.15, 0.2) is 0 Å². The summed E-state index contributed by atoms with van der Waals surface area (Å²) >= 11 is 12.1. The lowest BCUT2D eigenvalue weighted by molar-refractivity contribution is -0.139. The number of nitrogens with one attached hydrogen (secondary N) is 2. The van der Waals surface area contributed by atoms with Crippen LogP contribution in [0, 0.1) is 13.8 Å². The Kier molecular flexibility index (Phi) is 7.53. The highest BCUT2D eigenvalue weighted by atomic mass is 35.5. The molecule has 0 radical (unpaired) electrons. The highest BCUT2D eigenvalue weighted by Gasteiger charge is 2.19. The number of phenols is 2. The lowest BCUT2D eigenvalue weighted by atomic mass is 10.1. The molecule has 0 atom stereocenters.